The van der Waals surface area contributed by atoms with Crippen molar-refractivity contribution in [1.82, 2.24) is 15.1 Å². The van der Waals surface area contributed by atoms with Crippen LogP contribution in [0.5, 0.6) is 5.75 Å². The van der Waals surface area contributed by atoms with Gasteiger partial charge < -0.3 is 10.4 Å². The van der Waals surface area contributed by atoms with Crippen molar-refractivity contribution in [3.05, 3.63) is 83.7 Å². The number of hydrogen-bond acceptors (Lipinski definition) is 3. The Labute approximate surface area is 140 Å². The topological polar surface area (TPSA) is 67.2 Å². The maximum atomic E-state index is 12.1. The Kier molecular flexibility index (Phi) is 4.91. The fraction of sp³-hybridized carbons (Fsp3) is 0.158. The Morgan fingerprint density at radius 2 is 1.79 bits per heavy atom. The number of aromatic hydroxyl groups is 1. The Balaban J connectivity index is 1.60. The third kappa shape index (κ3) is 4.23. The first-order valence-corrected chi connectivity index (χ1v) is 7.79. The number of rotatable bonds is 6. The predicted octanol–water partition coefficient (Wildman–Crippen LogP) is 2.50. The van der Waals surface area contributed by atoms with Gasteiger partial charge in [0.25, 0.3) is 0 Å². The van der Waals surface area contributed by atoms with Crippen LogP contribution < -0.4 is 5.32 Å². The van der Waals surface area contributed by atoms with E-state index in [0.717, 1.165) is 16.7 Å². The maximum Gasteiger partial charge on any atom is 0.224 e. The van der Waals surface area contributed by atoms with E-state index < -0.39 is 0 Å². The van der Waals surface area contributed by atoms with Crippen LogP contribution in [-0.2, 0) is 24.3 Å². The zero-order chi connectivity index (χ0) is 16.8. The van der Waals surface area contributed by atoms with E-state index in [0.29, 0.717) is 19.5 Å². The molecular formula is C19H19N3O2. The Morgan fingerprint density at radius 3 is 2.50 bits per heavy atom. The SMILES string of the molecule is O=C(Cc1ccc(O)cc1)NCc1ccccc1Cn1cccn1. The van der Waals surface area contributed by atoms with E-state index in [1.54, 1.807) is 30.5 Å². The highest BCUT2D eigenvalue weighted by Crippen LogP contribution is 2.12. The molecule has 0 unspecified atom stereocenters. The molecule has 1 aromatic heterocycles. The number of phenolic OH excluding ortho intramolecular Hbond substituents is 1. The first-order chi connectivity index (χ1) is 11.7. The molecule has 1 amide bonds. The second kappa shape index (κ2) is 7.46. The molecule has 0 spiro atoms. The van der Waals surface area contributed by atoms with Crippen LogP contribution in [0.2, 0.25) is 0 Å². The number of nitrogens with one attached hydrogen (secondary N) is 1. The van der Waals surface area contributed by atoms with Crippen molar-refractivity contribution in [3.63, 3.8) is 0 Å². The summed E-state index contributed by atoms with van der Waals surface area (Å²) in [6, 6.07) is 16.6. The summed E-state index contributed by atoms with van der Waals surface area (Å²) in [5, 5.41) is 16.4. The summed E-state index contributed by atoms with van der Waals surface area (Å²) in [4.78, 5) is 12.1. The summed E-state index contributed by atoms with van der Waals surface area (Å²) >= 11 is 0. The smallest absolute Gasteiger partial charge is 0.224 e. The molecule has 5 nitrogen and oxygen atoms in total. The lowest BCUT2D eigenvalue weighted by atomic mass is 10.1. The van der Waals surface area contributed by atoms with Crippen LogP contribution in [0.15, 0.2) is 67.0 Å². The van der Waals surface area contributed by atoms with E-state index in [1.165, 1.54) is 0 Å². The van der Waals surface area contributed by atoms with E-state index in [4.69, 9.17) is 0 Å². The van der Waals surface area contributed by atoms with E-state index in [9.17, 15) is 9.90 Å². The molecule has 2 aromatic carbocycles. The molecule has 2 N–H and O–H groups in total. The largest absolute Gasteiger partial charge is 0.508 e. The minimum Gasteiger partial charge on any atom is -0.508 e. The number of phenols is 1. The van der Waals surface area contributed by atoms with Crippen LogP contribution in [0.4, 0.5) is 0 Å². The van der Waals surface area contributed by atoms with Gasteiger partial charge in [-0.1, -0.05) is 36.4 Å². The van der Waals surface area contributed by atoms with Crippen LogP contribution in [0, 0.1) is 0 Å². The molecule has 1 heterocycles. The summed E-state index contributed by atoms with van der Waals surface area (Å²) in [6.45, 7) is 1.16. The molecule has 0 bridgehead atoms. The van der Waals surface area contributed by atoms with Gasteiger partial charge in [-0.25, -0.2) is 0 Å². The van der Waals surface area contributed by atoms with E-state index in [-0.39, 0.29) is 11.7 Å². The number of aromatic nitrogens is 2. The van der Waals surface area contributed by atoms with Crippen molar-refractivity contribution in [3.8, 4) is 5.75 Å². The summed E-state index contributed by atoms with van der Waals surface area (Å²) < 4.78 is 1.86. The zero-order valence-electron chi connectivity index (χ0n) is 13.2. The molecule has 24 heavy (non-hydrogen) atoms. The van der Waals surface area contributed by atoms with Gasteiger partial charge in [-0.05, 0) is 34.9 Å². The fourth-order valence-electron chi connectivity index (χ4n) is 2.51. The summed E-state index contributed by atoms with van der Waals surface area (Å²) in [5.41, 5.74) is 3.08. The fourth-order valence-corrected chi connectivity index (χ4v) is 2.51. The Hall–Kier alpha value is -3.08. The lowest BCUT2D eigenvalue weighted by Gasteiger charge is -2.11. The molecule has 0 aliphatic heterocycles. The zero-order valence-corrected chi connectivity index (χ0v) is 13.2. The summed E-state index contributed by atoms with van der Waals surface area (Å²) in [5.74, 6) is 0.154. The third-order valence-electron chi connectivity index (χ3n) is 3.79. The molecule has 0 aliphatic carbocycles. The third-order valence-corrected chi connectivity index (χ3v) is 3.79. The molecule has 3 rings (SSSR count). The molecule has 0 saturated heterocycles. The van der Waals surface area contributed by atoms with Gasteiger partial charge >= 0.3 is 0 Å². The molecule has 0 atom stereocenters. The maximum absolute atomic E-state index is 12.1. The molecular weight excluding hydrogens is 302 g/mol. The van der Waals surface area contributed by atoms with Gasteiger partial charge in [0.1, 0.15) is 5.75 Å². The van der Waals surface area contributed by atoms with E-state index in [1.807, 2.05) is 41.2 Å². The van der Waals surface area contributed by atoms with Crippen LogP contribution in [-0.4, -0.2) is 20.8 Å². The first kappa shape index (κ1) is 15.8. The second-order valence-electron chi connectivity index (χ2n) is 5.59. The predicted molar refractivity (Wildman–Crippen MR) is 91.4 cm³/mol. The number of benzene rings is 2. The number of amides is 1. The van der Waals surface area contributed by atoms with Crippen LogP contribution in [0.1, 0.15) is 16.7 Å². The first-order valence-electron chi connectivity index (χ1n) is 7.79. The lowest BCUT2D eigenvalue weighted by molar-refractivity contribution is -0.120. The second-order valence-corrected chi connectivity index (χ2v) is 5.59. The van der Waals surface area contributed by atoms with Gasteiger partial charge in [0, 0.05) is 18.9 Å². The number of nitrogens with zero attached hydrogens (tertiary/aromatic N) is 2. The van der Waals surface area contributed by atoms with Gasteiger partial charge in [0.2, 0.25) is 5.91 Å². The Morgan fingerprint density at radius 1 is 1.04 bits per heavy atom. The van der Waals surface area contributed by atoms with Gasteiger partial charge in [-0.2, -0.15) is 5.10 Å². The molecule has 0 saturated carbocycles. The van der Waals surface area contributed by atoms with Crippen molar-refractivity contribution in [2.24, 2.45) is 0 Å². The van der Waals surface area contributed by atoms with Crippen molar-refractivity contribution in [1.29, 1.82) is 0 Å². The molecule has 5 heteroatoms. The van der Waals surface area contributed by atoms with Gasteiger partial charge in [-0.3, -0.25) is 9.48 Å². The number of hydrogen-bond donors (Lipinski definition) is 2. The average Bonchev–Trinajstić information content (AvgIpc) is 3.09. The van der Waals surface area contributed by atoms with Crippen LogP contribution in [0.3, 0.4) is 0 Å². The highest BCUT2D eigenvalue weighted by molar-refractivity contribution is 5.78. The normalized spacial score (nSPS) is 10.5. The van der Waals surface area contributed by atoms with Crippen LogP contribution in [0.25, 0.3) is 0 Å². The van der Waals surface area contributed by atoms with Gasteiger partial charge in [0.05, 0.1) is 13.0 Å². The standard InChI is InChI=1S/C19H19N3O2/c23-18-8-6-15(7-9-18)12-19(24)20-13-16-4-1-2-5-17(16)14-22-11-3-10-21-22/h1-11,23H,12-14H2,(H,20,24). The van der Waals surface area contributed by atoms with Crippen molar-refractivity contribution >= 4 is 5.91 Å². The van der Waals surface area contributed by atoms with Crippen molar-refractivity contribution in [2.45, 2.75) is 19.5 Å². The van der Waals surface area contributed by atoms with Crippen molar-refractivity contribution < 1.29 is 9.90 Å². The highest BCUT2D eigenvalue weighted by Gasteiger charge is 2.07. The summed E-state index contributed by atoms with van der Waals surface area (Å²) in [6.07, 6.45) is 3.96. The van der Waals surface area contributed by atoms with Gasteiger partial charge in [-0.15, -0.1) is 0 Å². The Bertz CT molecular complexity index is 796. The molecule has 0 fully saturated rings. The molecule has 0 radical (unpaired) electrons. The van der Waals surface area contributed by atoms with Gasteiger partial charge in [0.15, 0.2) is 0 Å². The average molecular weight is 321 g/mol. The van der Waals surface area contributed by atoms with E-state index >= 15 is 0 Å². The van der Waals surface area contributed by atoms with E-state index in [2.05, 4.69) is 10.4 Å². The minimum absolute atomic E-state index is 0.0467. The molecule has 0 aliphatic rings. The quantitative estimate of drug-likeness (QED) is 0.733. The van der Waals surface area contributed by atoms with Crippen LogP contribution >= 0.6 is 0 Å². The summed E-state index contributed by atoms with van der Waals surface area (Å²) in [7, 11) is 0. The molecule has 122 valence electrons. The van der Waals surface area contributed by atoms with Crippen molar-refractivity contribution in [2.75, 3.05) is 0 Å². The highest BCUT2D eigenvalue weighted by atomic mass is 16.3. The lowest BCUT2D eigenvalue weighted by Crippen LogP contribution is -2.25. The number of carbonyl (C=O) groups excluding carboxylic acids is 1. The molecule has 3 aromatic rings. The number of carbonyl (C=O) groups is 1. The monoisotopic (exact) mass is 321 g/mol. The minimum atomic E-state index is -0.0467.